The van der Waals surface area contributed by atoms with Crippen LogP contribution in [0, 0.1) is 30.6 Å². The molecule has 0 bridgehead atoms. The third kappa shape index (κ3) is 4.42. The summed E-state index contributed by atoms with van der Waals surface area (Å²) in [6.07, 6.45) is 0. The highest BCUT2D eigenvalue weighted by Gasteiger charge is 2.17. The molecule has 1 amide bonds. The Kier molecular flexibility index (Phi) is 5.59. The highest BCUT2D eigenvalue weighted by Crippen LogP contribution is 2.19. The summed E-state index contributed by atoms with van der Waals surface area (Å²) >= 11 is 0. The first-order valence-electron chi connectivity index (χ1n) is 6.47. The summed E-state index contributed by atoms with van der Waals surface area (Å²) < 4.78 is 0. The van der Waals surface area contributed by atoms with Crippen molar-refractivity contribution < 1.29 is 9.90 Å². The van der Waals surface area contributed by atoms with Gasteiger partial charge in [-0.25, -0.2) is 0 Å². The molecule has 0 aliphatic rings. The molecule has 1 rings (SSSR count). The number of benzene rings is 1. The van der Waals surface area contributed by atoms with Crippen LogP contribution in [0.3, 0.4) is 0 Å². The predicted octanol–water partition coefficient (Wildman–Crippen LogP) is 2.57. The van der Waals surface area contributed by atoms with Crippen molar-refractivity contribution in [2.45, 2.75) is 27.7 Å². The van der Waals surface area contributed by atoms with E-state index in [0.717, 1.165) is 16.8 Å². The number of amides is 1. The number of nitrogens with one attached hydrogen (secondary N) is 1. The van der Waals surface area contributed by atoms with E-state index < -0.39 is 0 Å². The fourth-order valence-corrected chi connectivity index (χ4v) is 1.57. The molecule has 0 aliphatic heterocycles. The van der Waals surface area contributed by atoms with Gasteiger partial charge in [0.05, 0.1) is 0 Å². The number of aliphatic hydroxyl groups excluding tert-OH is 1. The molecule has 0 saturated carbocycles. The van der Waals surface area contributed by atoms with Gasteiger partial charge in [0.25, 0.3) is 0 Å². The molecule has 1 aromatic rings. The van der Waals surface area contributed by atoms with Gasteiger partial charge >= 0.3 is 0 Å². The van der Waals surface area contributed by atoms with E-state index >= 15 is 0 Å². The topological polar surface area (TPSA) is 49.3 Å². The number of hydrogen-bond donors (Lipinski definition) is 2. The summed E-state index contributed by atoms with van der Waals surface area (Å²) in [7, 11) is 0. The van der Waals surface area contributed by atoms with Gasteiger partial charge < -0.3 is 10.4 Å². The molecule has 3 heteroatoms. The fraction of sp³-hybridized carbons (Fsp3) is 0.438. The zero-order valence-corrected chi connectivity index (χ0v) is 11.9. The zero-order chi connectivity index (χ0) is 14.4. The van der Waals surface area contributed by atoms with E-state index in [0.29, 0.717) is 5.92 Å². The molecule has 0 saturated heterocycles. The summed E-state index contributed by atoms with van der Waals surface area (Å²) in [6, 6.07) is 5.59. The molecule has 3 nitrogen and oxygen atoms in total. The summed E-state index contributed by atoms with van der Waals surface area (Å²) in [5.41, 5.74) is 2.61. The number of hydrogen-bond acceptors (Lipinski definition) is 2. The number of aliphatic hydroxyl groups is 1. The van der Waals surface area contributed by atoms with Gasteiger partial charge in [0.2, 0.25) is 5.91 Å². The van der Waals surface area contributed by atoms with Crippen LogP contribution in [0.1, 0.15) is 31.9 Å². The molecule has 0 radical (unpaired) electrons. The van der Waals surface area contributed by atoms with Gasteiger partial charge in [-0.05, 0) is 36.6 Å². The average Bonchev–Trinajstić information content (AvgIpc) is 2.37. The van der Waals surface area contributed by atoms with Crippen molar-refractivity contribution in [2.24, 2.45) is 11.8 Å². The Morgan fingerprint density at radius 2 is 2.05 bits per heavy atom. The maximum absolute atomic E-state index is 12.0. The van der Waals surface area contributed by atoms with E-state index in [4.69, 9.17) is 5.11 Å². The molecular weight excluding hydrogens is 238 g/mol. The smallest absolute Gasteiger partial charge is 0.227 e. The van der Waals surface area contributed by atoms with Gasteiger partial charge in [-0.1, -0.05) is 32.6 Å². The highest BCUT2D eigenvalue weighted by atomic mass is 16.2. The van der Waals surface area contributed by atoms with Crippen molar-refractivity contribution in [2.75, 3.05) is 11.9 Å². The Morgan fingerprint density at radius 3 is 2.58 bits per heavy atom. The lowest BCUT2D eigenvalue weighted by Crippen LogP contribution is -2.24. The van der Waals surface area contributed by atoms with E-state index in [-0.39, 0.29) is 18.4 Å². The quantitative estimate of drug-likeness (QED) is 0.820. The number of aryl methyl sites for hydroxylation is 1. The van der Waals surface area contributed by atoms with Crippen LogP contribution in [0.25, 0.3) is 0 Å². The summed E-state index contributed by atoms with van der Waals surface area (Å²) in [5.74, 6) is 5.78. The Balaban J connectivity index is 2.83. The van der Waals surface area contributed by atoms with Crippen LogP contribution >= 0.6 is 0 Å². The minimum atomic E-state index is -0.149. The Morgan fingerprint density at radius 1 is 1.37 bits per heavy atom. The van der Waals surface area contributed by atoms with Crippen molar-refractivity contribution >= 4 is 11.6 Å². The molecular formula is C16H21NO2. The molecule has 1 atom stereocenters. The molecule has 102 valence electrons. The van der Waals surface area contributed by atoms with Gasteiger partial charge in [0.15, 0.2) is 0 Å². The number of carbonyl (C=O) groups excluding carboxylic acids is 1. The lowest BCUT2D eigenvalue weighted by atomic mass is 9.97. The van der Waals surface area contributed by atoms with Crippen molar-refractivity contribution in [1.82, 2.24) is 0 Å². The fourth-order valence-electron chi connectivity index (χ4n) is 1.57. The second kappa shape index (κ2) is 6.96. The molecule has 19 heavy (non-hydrogen) atoms. The van der Waals surface area contributed by atoms with Crippen molar-refractivity contribution in [3.05, 3.63) is 29.3 Å². The van der Waals surface area contributed by atoms with Gasteiger partial charge in [-0.2, -0.15) is 0 Å². The largest absolute Gasteiger partial charge is 0.384 e. The average molecular weight is 259 g/mol. The summed E-state index contributed by atoms with van der Waals surface area (Å²) in [4.78, 5) is 12.0. The first kappa shape index (κ1) is 15.3. The van der Waals surface area contributed by atoms with Crippen LogP contribution in [-0.2, 0) is 4.79 Å². The van der Waals surface area contributed by atoms with Crippen LogP contribution in [0.5, 0.6) is 0 Å². The minimum Gasteiger partial charge on any atom is -0.384 e. The summed E-state index contributed by atoms with van der Waals surface area (Å²) in [6.45, 7) is 7.77. The number of anilines is 1. The number of carbonyl (C=O) groups is 1. The van der Waals surface area contributed by atoms with E-state index in [9.17, 15) is 4.79 Å². The maximum Gasteiger partial charge on any atom is 0.227 e. The molecule has 0 spiro atoms. The van der Waals surface area contributed by atoms with Crippen LogP contribution in [0.2, 0.25) is 0 Å². The van der Waals surface area contributed by atoms with Crippen LogP contribution in [0.4, 0.5) is 5.69 Å². The van der Waals surface area contributed by atoms with E-state index in [1.807, 2.05) is 45.9 Å². The molecule has 0 fully saturated rings. The first-order valence-corrected chi connectivity index (χ1v) is 6.47. The van der Waals surface area contributed by atoms with E-state index in [1.54, 1.807) is 0 Å². The monoisotopic (exact) mass is 259 g/mol. The van der Waals surface area contributed by atoms with Crippen LogP contribution < -0.4 is 5.32 Å². The minimum absolute atomic E-state index is 0.0201. The van der Waals surface area contributed by atoms with E-state index in [1.165, 1.54) is 0 Å². The van der Waals surface area contributed by atoms with Crippen molar-refractivity contribution in [3.63, 3.8) is 0 Å². The molecule has 0 aliphatic carbocycles. The first-order chi connectivity index (χ1) is 8.95. The van der Waals surface area contributed by atoms with Gasteiger partial charge in [0.1, 0.15) is 6.61 Å². The molecule has 1 aromatic carbocycles. The van der Waals surface area contributed by atoms with Gasteiger partial charge in [0, 0.05) is 17.2 Å². The Hall–Kier alpha value is -1.79. The van der Waals surface area contributed by atoms with Crippen molar-refractivity contribution in [3.8, 4) is 11.8 Å². The third-order valence-electron chi connectivity index (χ3n) is 3.21. The van der Waals surface area contributed by atoms with E-state index in [2.05, 4.69) is 17.2 Å². The predicted molar refractivity (Wildman–Crippen MR) is 77.8 cm³/mol. The van der Waals surface area contributed by atoms with Gasteiger partial charge in [-0.15, -0.1) is 0 Å². The highest BCUT2D eigenvalue weighted by molar-refractivity contribution is 5.93. The Bertz CT molecular complexity index is 509. The third-order valence-corrected chi connectivity index (χ3v) is 3.21. The summed E-state index contributed by atoms with van der Waals surface area (Å²) in [5, 5.41) is 11.6. The lowest BCUT2D eigenvalue weighted by molar-refractivity contribution is -0.120. The second-order valence-electron chi connectivity index (χ2n) is 5.01. The zero-order valence-electron chi connectivity index (χ0n) is 11.9. The second-order valence-corrected chi connectivity index (χ2v) is 5.01. The van der Waals surface area contributed by atoms with Gasteiger partial charge in [-0.3, -0.25) is 4.79 Å². The molecule has 0 aromatic heterocycles. The normalized spacial score (nSPS) is 11.7. The Labute approximate surface area is 115 Å². The maximum atomic E-state index is 12.0. The standard InChI is InChI=1S/C16H21NO2/c1-11(2)13(4)16(19)17-15-8-7-14(6-5-9-18)10-12(15)3/h7-8,10-11,13,18H,9H2,1-4H3,(H,17,19). The lowest BCUT2D eigenvalue weighted by Gasteiger charge is -2.16. The number of rotatable bonds is 3. The van der Waals surface area contributed by atoms with Crippen LogP contribution in [-0.4, -0.2) is 17.6 Å². The SMILES string of the molecule is Cc1cc(C#CCO)ccc1NC(=O)C(C)C(C)C. The molecule has 2 N–H and O–H groups in total. The molecule has 1 unspecified atom stereocenters. The van der Waals surface area contributed by atoms with Crippen LogP contribution in [0.15, 0.2) is 18.2 Å². The molecule has 0 heterocycles. The van der Waals surface area contributed by atoms with Crippen molar-refractivity contribution in [1.29, 1.82) is 0 Å².